The molecule has 1 aromatic carbocycles. The first-order chi connectivity index (χ1) is 20.1. The van der Waals surface area contributed by atoms with Gasteiger partial charge in [-0.1, -0.05) is 83.9 Å². The third kappa shape index (κ3) is 8.39. The summed E-state index contributed by atoms with van der Waals surface area (Å²) in [7, 11) is -2.39. The van der Waals surface area contributed by atoms with E-state index in [1.807, 2.05) is 44.2 Å². The van der Waals surface area contributed by atoms with E-state index in [-0.39, 0.29) is 41.6 Å². The number of rotatable bonds is 12. The third-order valence-electron chi connectivity index (χ3n) is 10.2. The summed E-state index contributed by atoms with van der Waals surface area (Å²) >= 11 is 0. The van der Waals surface area contributed by atoms with Crippen LogP contribution in [0.3, 0.4) is 0 Å². The van der Waals surface area contributed by atoms with Gasteiger partial charge < -0.3 is 28.1 Å². The largest absolute Gasteiger partial charge is 0.463 e. The molecular formula is C32H53N3O7Si. The maximum Gasteiger partial charge on any atom is 0.302 e. The second-order valence-electron chi connectivity index (χ2n) is 13.7. The Morgan fingerprint density at radius 1 is 1.02 bits per heavy atom. The topological polar surface area (TPSA) is 121 Å². The van der Waals surface area contributed by atoms with Crippen molar-refractivity contribution in [3.05, 3.63) is 46.3 Å². The Bertz CT molecular complexity index is 1100. The molecule has 10 nitrogen and oxygen atoms in total. The number of carbonyl (C=O) groups is 1. The molecule has 0 spiro atoms. The molecule has 0 amide bonds. The highest BCUT2D eigenvalue weighted by atomic mass is 28.4. The smallest absolute Gasteiger partial charge is 0.302 e. The third-order valence-corrected chi connectivity index (χ3v) is 14.7. The van der Waals surface area contributed by atoms with Gasteiger partial charge in [0.15, 0.2) is 20.9 Å². The van der Waals surface area contributed by atoms with Gasteiger partial charge in [-0.15, -0.1) is 0 Å². The molecule has 2 aliphatic rings. The zero-order chi connectivity index (χ0) is 32.1. The molecule has 0 saturated carbocycles. The minimum Gasteiger partial charge on any atom is -0.463 e. The van der Waals surface area contributed by atoms with Crippen molar-refractivity contribution in [2.45, 2.75) is 130 Å². The van der Waals surface area contributed by atoms with Crippen LogP contribution in [0.15, 0.2) is 35.4 Å². The van der Waals surface area contributed by atoms with E-state index >= 15 is 0 Å². The molecule has 2 fully saturated rings. The van der Waals surface area contributed by atoms with Crippen LogP contribution in [-0.4, -0.2) is 63.9 Å². The fraction of sp³-hybridized carbons (Fsp3) is 0.781. The van der Waals surface area contributed by atoms with Crippen molar-refractivity contribution < 1.29 is 32.9 Å². The summed E-state index contributed by atoms with van der Waals surface area (Å²) in [5.41, 5.74) is 10.7. The van der Waals surface area contributed by atoms with E-state index in [0.29, 0.717) is 12.5 Å². The van der Waals surface area contributed by atoms with E-state index in [9.17, 15) is 10.3 Å². The van der Waals surface area contributed by atoms with Gasteiger partial charge >= 0.3 is 5.97 Å². The zero-order valence-electron chi connectivity index (χ0n) is 27.9. The van der Waals surface area contributed by atoms with Gasteiger partial charge in [0.1, 0.15) is 12.7 Å². The Hall–Kier alpha value is -1.98. The molecule has 1 aromatic rings. The second kappa shape index (κ2) is 14.9. The van der Waals surface area contributed by atoms with Crippen LogP contribution in [0, 0.1) is 23.7 Å². The monoisotopic (exact) mass is 619 g/mol. The molecule has 0 aromatic heterocycles. The van der Waals surface area contributed by atoms with Crippen molar-refractivity contribution >= 4 is 14.3 Å². The minimum atomic E-state index is -2.39. The quantitative estimate of drug-likeness (QED) is 0.0795. The average Bonchev–Trinajstić information content (AvgIpc) is 2.94. The molecular weight excluding hydrogens is 566 g/mol. The number of hydrogen-bond donors (Lipinski definition) is 0. The lowest BCUT2D eigenvalue weighted by atomic mass is 9.85. The number of benzene rings is 1. The number of esters is 1. The lowest BCUT2D eigenvalue weighted by Crippen LogP contribution is -2.61. The predicted octanol–water partition coefficient (Wildman–Crippen LogP) is 7.23. The van der Waals surface area contributed by atoms with Gasteiger partial charge in [-0.25, -0.2) is 0 Å². The lowest BCUT2D eigenvalue weighted by Gasteiger charge is -2.51. The van der Waals surface area contributed by atoms with E-state index < -0.39 is 45.1 Å². The van der Waals surface area contributed by atoms with E-state index in [2.05, 4.69) is 64.7 Å². The molecule has 3 rings (SSSR count). The van der Waals surface area contributed by atoms with Gasteiger partial charge in [-0.05, 0) is 48.0 Å². The summed E-state index contributed by atoms with van der Waals surface area (Å²) < 4.78 is 38.3. The van der Waals surface area contributed by atoms with E-state index in [0.717, 1.165) is 5.56 Å². The summed E-state index contributed by atoms with van der Waals surface area (Å²) in [4.78, 5) is 15.0. The highest BCUT2D eigenvalue weighted by Crippen LogP contribution is 2.47. The van der Waals surface area contributed by atoms with Crippen molar-refractivity contribution in [3.8, 4) is 0 Å². The first kappa shape index (κ1) is 35.5. The van der Waals surface area contributed by atoms with E-state index in [1.54, 1.807) is 0 Å². The first-order valence-electron chi connectivity index (χ1n) is 15.6. The standard InChI is InChI=1S/C32H53N3O7Si/c1-19(2)32(8,9)43(10,11)42-31-27(34-35-33)21(4)29(26(40-31)18-37-24(7)36)41-30-22(5)28(20(3)23(6)39-30)38-17-25-15-13-12-14-16-25/h12-16,19-23,26-31H,17-18H2,1-11H3/t20-,21-,22?,23?,26?,27?,28-,29+,30+,31+/m1/s1. The molecule has 2 saturated heterocycles. The summed E-state index contributed by atoms with van der Waals surface area (Å²) in [6, 6.07) is 9.44. The first-order valence-corrected chi connectivity index (χ1v) is 18.5. The number of nitrogens with zero attached hydrogens (tertiary/aromatic N) is 3. The van der Waals surface area contributed by atoms with Crippen molar-refractivity contribution in [1.82, 2.24) is 0 Å². The molecule has 11 heteroatoms. The van der Waals surface area contributed by atoms with Crippen LogP contribution in [0.1, 0.15) is 67.9 Å². The average molecular weight is 620 g/mol. The van der Waals surface area contributed by atoms with Crippen molar-refractivity contribution in [3.63, 3.8) is 0 Å². The van der Waals surface area contributed by atoms with Crippen molar-refractivity contribution in [2.24, 2.45) is 28.8 Å². The van der Waals surface area contributed by atoms with Crippen LogP contribution < -0.4 is 0 Å². The highest BCUT2D eigenvalue weighted by molar-refractivity contribution is 6.74. The molecule has 0 aliphatic carbocycles. The molecule has 0 bridgehead atoms. The van der Waals surface area contributed by atoms with Gasteiger partial charge in [0, 0.05) is 23.7 Å². The van der Waals surface area contributed by atoms with Crippen molar-refractivity contribution in [2.75, 3.05) is 6.61 Å². The van der Waals surface area contributed by atoms with Crippen LogP contribution in [0.4, 0.5) is 0 Å². The van der Waals surface area contributed by atoms with Gasteiger partial charge in [0.2, 0.25) is 0 Å². The van der Waals surface area contributed by atoms with Crippen molar-refractivity contribution in [1.29, 1.82) is 0 Å². The summed E-state index contributed by atoms with van der Waals surface area (Å²) in [6.45, 7) is 23.1. The summed E-state index contributed by atoms with van der Waals surface area (Å²) in [6.07, 6.45) is -2.91. The number of azide groups is 1. The summed E-state index contributed by atoms with van der Waals surface area (Å²) in [5.74, 6) is -0.342. The molecule has 2 heterocycles. The van der Waals surface area contributed by atoms with Crippen LogP contribution in [0.25, 0.3) is 10.4 Å². The van der Waals surface area contributed by atoms with E-state index in [1.165, 1.54) is 6.92 Å². The molecule has 0 radical (unpaired) electrons. The number of hydrogen-bond acceptors (Lipinski definition) is 8. The fourth-order valence-electron chi connectivity index (χ4n) is 5.85. The molecule has 2 aliphatic heterocycles. The van der Waals surface area contributed by atoms with Gasteiger partial charge in [0.05, 0.1) is 31.0 Å². The number of ether oxygens (including phenoxy) is 5. The molecule has 0 N–H and O–H groups in total. The SMILES string of the molecule is CC(=O)OCC1O[C@@H](O[Si](C)(C)C(C)(C)C(C)C)C(N=[N+]=[N-])[C@@H](C)[C@@H]1O[C@@H]1OC(C)[C@@H](C)[C@@H](OCc2ccccc2)C1C. The Labute approximate surface area is 258 Å². The molecule has 43 heavy (non-hydrogen) atoms. The Balaban J connectivity index is 1.87. The Morgan fingerprint density at radius 3 is 2.26 bits per heavy atom. The second-order valence-corrected chi connectivity index (χ2v) is 18.2. The number of carbonyl (C=O) groups excluding carboxylic acids is 1. The van der Waals surface area contributed by atoms with Gasteiger partial charge in [0.25, 0.3) is 0 Å². The Morgan fingerprint density at radius 2 is 1.67 bits per heavy atom. The van der Waals surface area contributed by atoms with Gasteiger partial charge in [-0.2, -0.15) is 0 Å². The Kier molecular flexibility index (Phi) is 12.3. The molecule has 4 unspecified atom stereocenters. The summed E-state index contributed by atoms with van der Waals surface area (Å²) in [5, 5.41) is 4.06. The van der Waals surface area contributed by atoms with Crippen LogP contribution in [-0.2, 0) is 39.5 Å². The predicted molar refractivity (Wildman–Crippen MR) is 167 cm³/mol. The van der Waals surface area contributed by atoms with Crippen LogP contribution >= 0.6 is 0 Å². The van der Waals surface area contributed by atoms with Gasteiger partial charge in [-0.3, -0.25) is 4.79 Å². The molecule has 242 valence electrons. The maximum absolute atomic E-state index is 11.9. The molecule has 10 atom stereocenters. The zero-order valence-corrected chi connectivity index (χ0v) is 28.9. The van der Waals surface area contributed by atoms with Crippen LogP contribution in [0.2, 0.25) is 18.1 Å². The van der Waals surface area contributed by atoms with E-state index in [4.69, 9.17) is 28.1 Å². The van der Waals surface area contributed by atoms with Crippen LogP contribution in [0.5, 0.6) is 0 Å². The highest BCUT2D eigenvalue weighted by Gasteiger charge is 2.52. The maximum atomic E-state index is 11.9. The minimum absolute atomic E-state index is 0.0241. The lowest BCUT2D eigenvalue weighted by molar-refractivity contribution is -0.318. The normalized spacial score (nSPS) is 33.6. The fourth-order valence-corrected chi connectivity index (χ4v) is 8.32.